The molecule has 1 aromatic rings. The highest BCUT2D eigenvalue weighted by Gasteiger charge is 1.95. The Labute approximate surface area is 115 Å². The molecule has 0 atom stereocenters. The van der Waals surface area contributed by atoms with Gasteiger partial charge in [-0.1, -0.05) is 19.9 Å². The van der Waals surface area contributed by atoms with Crippen molar-refractivity contribution in [2.75, 3.05) is 39.6 Å². The fourth-order valence-corrected chi connectivity index (χ4v) is 1.13. The van der Waals surface area contributed by atoms with E-state index in [1.54, 1.807) is 6.20 Å². The van der Waals surface area contributed by atoms with Crippen LogP contribution in [0.1, 0.15) is 19.4 Å². The van der Waals surface area contributed by atoms with Gasteiger partial charge in [0.2, 0.25) is 5.88 Å². The first-order valence-electron chi connectivity index (χ1n) is 6.64. The molecule has 0 saturated carbocycles. The van der Waals surface area contributed by atoms with Crippen LogP contribution in [0, 0.1) is 6.92 Å². The number of hydrogen-bond acceptors (Lipinski definition) is 5. The van der Waals surface area contributed by atoms with E-state index in [2.05, 4.69) is 4.98 Å². The molecule has 0 spiro atoms. The summed E-state index contributed by atoms with van der Waals surface area (Å²) in [7, 11) is 0. The highest BCUT2D eigenvalue weighted by atomic mass is 16.5. The Hall–Kier alpha value is -1.17. The summed E-state index contributed by atoms with van der Waals surface area (Å²) in [6.07, 6.45) is 1.76. The summed E-state index contributed by atoms with van der Waals surface area (Å²) in [5.74, 6) is 0.607. The number of aryl methyl sites for hydroxylation is 1. The maximum atomic E-state index is 8.46. The first-order chi connectivity index (χ1) is 9.33. The highest BCUT2D eigenvalue weighted by Crippen LogP contribution is 2.05. The average molecular weight is 271 g/mol. The van der Waals surface area contributed by atoms with Gasteiger partial charge in [-0.3, -0.25) is 0 Å². The summed E-state index contributed by atoms with van der Waals surface area (Å²) < 4.78 is 15.7. The second-order valence-electron chi connectivity index (χ2n) is 3.47. The van der Waals surface area contributed by atoms with Crippen LogP contribution >= 0.6 is 0 Å². The maximum Gasteiger partial charge on any atom is 0.213 e. The molecule has 0 aromatic carbocycles. The van der Waals surface area contributed by atoms with Crippen LogP contribution in [0.5, 0.6) is 5.88 Å². The lowest BCUT2D eigenvalue weighted by Gasteiger charge is -2.06. The van der Waals surface area contributed by atoms with Crippen molar-refractivity contribution in [1.29, 1.82) is 0 Å². The summed E-state index contributed by atoms with van der Waals surface area (Å²) in [4.78, 5) is 4.11. The van der Waals surface area contributed by atoms with Crippen molar-refractivity contribution in [3.8, 4) is 5.88 Å². The fourth-order valence-electron chi connectivity index (χ4n) is 1.13. The Morgan fingerprint density at radius 1 is 1.00 bits per heavy atom. The van der Waals surface area contributed by atoms with Crippen molar-refractivity contribution in [3.05, 3.63) is 23.9 Å². The van der Waals surface area contributed by atoms with Crippen LogP contribution in [-0.2, 0) is 9.47 Å². The molecule has 0 aliphatic carbocycles. The van der Waals surface area contributed by atoms with E-state index < -0.39 is 0 Å². The zero-order chi connectivity index (χ0) is 14.3. The minimum atomic E-state index is 0.0439. The van der Waals surface area contributed by atoms with Gasteiger partial charge < -0.3 is 19.3 Å². The normalized spacial score (nSPS) is 9.68. The van der Waals surface area contributed by atoms with Gasteiger partial charge in [-0.15, -0.1) is 0 Å². The second-order valence-corrected chi connectivity index (χ2v) is 3.47. The number of aliphatic hydroxyl groups excluding tert-OH is 1. The summed E-state index contributed by atoms with van der Waals surface area (Å²) in [5, 5.41) is 8.46. The Kier molecular flexibility index (Phi) is 12.4. The molecular formula is C14H25NO4. The molecule has 0 aliphatic heterocycles. The van der Waals surface area contributed by atoms with Gasteiger partial charge in [0.05, 0.1) is 33.0 Å². The third-order valence-corrected chi connectivity index (χ3v) is 1.97. The summed E-state index contributed by atoms with van der Waals surface area (Å²) in [5.41, 5.74) is 1.11. The van der Waals surface area contributed by atoms with Crippen LogP contribution in [0.4, 0.5) is 0 Å². The van der Waals surface area contributed by atoms with Crippen LogP contribution in [0.2, 0.25) is 0 Å². The largest absolute Gasteiger partial charge is 0.475 e. The third-order valence-electron chi connectivity index (χ3n) is 1.97. The minimum Gasteiger partial charge on any atom is -0.475 e. The molecule has 0 bridgehead atoms. The number of ether oxygens (including phenoxy) is 3. The van der Waals surface area contributed by atoms with Gasteiger partial charge >= 0.3 is 0 Å². The van der Waals surface area contributed by atoms with Gasteiger partial charge in [0.25, 0.3) is 0 Å². The zero-order valence-electron chi connectivity index (χ0n) is 12.1. The molecule has 0 fully saturated rings. The third kappa shape index (κ3) is 10.4. The lowest BCUT2D eigenvalue weighted by atomic mass is 10.3. The van der Waals surface area contributed by atoms with Crippen LogP contribution in [0.15, 0.2) is 18.3 Å². The van der Waals surface area contributed by atoms with E-state index in [0.29, 0.717) is 38.9 Å². The van der Waals surface area contributed by atoms with E-state index in [-0.39, 0.29) is 6.61 Å². The summed E-state index contributed by atoms with van der Waals surface area (Å²) >= 11 is 0. The van der Waals surface area contributed by atoms with Gasteiger partial charge in [0.1, 0.15) is 6.61 Å². The number of hydrogen-bond donors (Lipinski definition) is 1. The number of nitrogens with zero attached hydrogens (tertiary/aromatic N) is 1. The molecule has 0 unspecified atom stereocenters. The number of pyridine rings is 1. The lowest BCUT2D eigenvalue weighted by Crippen LogP contribution is -2.12. The van der Waals surface area contributed by atoms with Gasteiger partial charge in [-0.25, -0.2) is 4.98 Å². The van der Waals surface area contributed by atoms with E-state index in [1.807, 2.05) is 32.9 Å². The van der Waals surface area contributed by atoms with Crippen molar-refractivity contribution in [1.82, 2.24) is 4.98 Å². The fraction of sp³-hybridized carbons (Fsp3) is 0.643. The molecule has 5 heteroatoms. The minimum absolute atomic E-state index is 0.0439. The van der Waals surface area contributed by atoms with E-state index in [9.17, 15) is 0 Å². The zero-order valence-corrected chi connectivity index (χ0v) is 12.1. The molecule has 1 aromatic heterocycles. The SMILES string of the molecule is CC.Cc1ccc(OCCOCCOCCO)nc1. The van der Waals surface area contributed by atoms with E-state index in [1.165, 1.54) is 0 Å². The Bertz CT molecular complexity index is 290. The molecule has 19 heavy (non-hydrogen) atoms. The first kappa shape index (κ1) is 17.8. The van der Waals surface area contributed by atoms with Crippen LogP contribution in [-0.4, -0.2) is 49.7 Å². The topological polar surface area (TPSA) is 60.8 Å². The average Bonchev–Trinajstić information content (AvgIpc) is 2.46. The van der Waals surface area contributed by atoms with Crippen LogP contribution in [0.3, 0.4) is 0 Å². The molecule has 1 heterocycles. The monoisotopic (exact) mass is 271 g/mol. The standard InChI is InChI=1S/C12H19NO4.C2H6/c1-11-2-3-12(13-10-11)17-9-8-16-7-6-15-5-4-14;1-2/h2-3,10,14H,4-9H2,1H3;1-2H3. The quantitative estimate of drug-likeness (QED) is 0.694. The number of rotatable bonds is 9. The van der Waals surface area contributed by atoms with Crippen molar-refractivity contribution in [3.63, 3.8) is 0 Å². The molecule has 110 valence electrons. The van der Waals surface area contributed by atoms with Crippen molar-refractivity contribution >= 4 is 0 Å². The smallest absolute Gasteiger partial charge is 0.213 e. The van der Waals surface area contributed by atoms with Gasteiger partial charge in [-0.05, 0) is 12.5 Å². The molecule has 0 saturated heterocycles. The molecular weight excluding hydrogens is 246 g/mol. The molecule has 0 aliphatic rings. The van der Waals surface area contributed by atoms with E-state index >= 15 is 0 Å². The van der Waals surface area contributed by atoms with Crippen LogP contribution in [0.25, 0.3) is 0 Å². The number of aromatic nitrogens is 1. The van der Waals surface area contributed by atoms with Gasteiger partial charge in [0.15, 0.2) is 0 Å². The number of aliphatic hydroxyl groups is 1. The second kappa shape index (κ2) is 13.3. The Morgan fingerprint density at radius 3 is 2.21 bits per heavy atom. The molecule has 5 nitrogen and oxygen atoms in total. The predicted octanol–water partition coefficient (Wildman–Crippen LogP) is 1.82. The van der Waals surface area contributed by atoms with E-state index in [4.69, 9.17) is 19.3 Å². The first-order valence-corrected chi connectivity index (χ1v) is 6.64. The van der Waals surface area contributed by atoms with Crippen molar-refractivity contribution in [2.45, 2.75) is 20.8 Å². The maximum absolute atomic E-state index is 8.46. The predicted molar refractivity (Wildman–Crippen MR) is 74.5 cm³/mol. The Morgan fingerprint density at radius 2 is 1.63 bits per heavy atom. The van der Waals surface area contributed by atoms with Crippen molar-refractivity contribution in [2.24, 2.45) is 0 Å². The van der Waals surface area contributed by atoms with Gasteiger partial charge in [-0.2, -0.15) is 0 Å². The lowest BCUT2D eigenvalue weighted by molar-refractivity contribution is 0.0243. The molecule has 1 N–H and O–H groups in total. The molecule has 1 rings (SSSR count). The summed E-state index contributed by atoms with van der Waals surface area (Å²) in [6, 6.07) is 3.78. The van der Waals surface area contributed by atoms with Gasteiger partial charge in [0, 0.05) is 12.3 Å². The van der Waals surface area contributed by atoms with Crippen LogP contribution < -0.4 is 4.74 Å². The highest BCUT2D eigenvalue weighted by molar-refractivity contribution is 5.16. The Balaban J connectivity index is 0.00000154. The molecule has 0 amide bonds. The van der Waals surface area contributed by atoms with Crippen molar-refractivity contribution < 1.29 is 19.3 Å². The summed E-state index contributed by atoms with van der Waals surface area (Å²) in [6.45, 7) is 8.34. The van der Waals surface area contributed by atoms with E-state index in [0.717, 1.165) is 5.56 Å². The molecule has 0 radical (unpaired) electrons.